The first kappa shape index (κ1) is 16.7. The predicted octanol–water partition coefficient (Wildman–Crippen LogP) is 2.41. The number of carbonyl (C=O) groups is 1. The maximum atomic E-state index is 13.6. The molecule has 0 aliphatic carbocycles. The van der Waals surface area contributed by atoms with Crippen LogP contribution in [0, 0.1) is 12.7 Å². The van der Waals surface area contributed by atoms with Crippen LogP contribution in [0.25, 0.3) is 10.9 Å². The molecule has 1 aliphatic rings. The molecule has 1 aromatic carbocycles. The van der Waals surface area contributed by atoms with Gasteiger partial charge >= 0.3 is 0 Å². The van der Waals surface area contributed by atoms with Crippen LogP contribution in [0.1, 0.15) is 16.1 Å². The van der Waals surface area contributed by atoms with Gasteiger partial charge in [0.05, 0.1) is 6.54 Å². The number of aryl methyl sites for hydroxylation is 1. The van der Waals surface area contributed by atoms with Crippen molar-refractivity contribution in [2.75, 3.05) is 37.6 Å². The Balaban J connectivity index is 1.45. The Morgan fingerprint density at radius 3 is 2.65 bits per heavy atom. The first-order chi connectivity index (χ1) is 12.6. The molecule has 6 nitrogen and oxygen atoms in total. The van der Waals surface area contributed by atoms with Crippen molar-refractivity contribution in [1.29, 1.82) is 0 Å². The topological polar surface area (TPSA) is 65.1 Å². The minimum atomic E-state index is -0.331. The van der Waals surface area contributed by atoms with E-state index in [0.717, 1.165) is 43.3 Å². The smallest absolute Gasteiger partial charge is 0.225 e. The zero-order valence-electron chi connectivity index (χ0n) is 14.6. The lowest BCUT2D eigenvalue weighted by Crippen LogP contribution is -2.48. The lowest BCUT2D eigenvalue weighted by molar-refractivity contribution is 0.0927. The Hall–Kier alpha value is -2.80. The Morgan fingerprint density at radius 2 is 1.92 bits per heavy atom. The first-order valence-corrected chi connectivity index (χ1v) is 8.67. The predicted molar refractivity (Wildman–Crippen MR) is 98.0 cm³/mol. The molecular formula is C19H20FN5O. The highest BCUT2D eigenvalue weighted by Crippen LogP contribution is 2.24. The maximum Gasteiger partial charge on any atom is 0.225 e. The number of fused-ring (bicyclic) bond motifs is 1. The van der Waals surface area contributed by atoms with E-state index in [1.807, 2.05) is 6.92 Å². The third kappa shape index (κ3) is 3.17. The molecule has 0 unspecified atom stereocenters. The SMILES string of the molecule is Cc1[nH]c2ccc(F)cc2c1C(=O)CN1CCN(c2ncccn2)CC1. The second kappa shape index (κ2) is 6.84. The van der Waals surface area contributed by atoms with Crippen molar-refractivity contribution in [3.63, 3.8) is 0 Å². The summed E-state index contributed by atoms with van der Waals surface area (Å²) in [6.07, 6.45) is 3.47. The number of rotatable bonds is 4. The van der Waals surface area contributed by atoms with Gasteiger partial charge in [0.2, 0.25) is 5.95 Å². The molecular weight excluding hydrogens is 333 g/mol. The fourth-order valence-corrected chi connectivity index (χ4v) is 3.50. The maximum absolute atomic E-state index is 13.6. The van der Waals surface area contributed by atoms with Crippen LogP contribution in [0.2, 0.25) is 0 Å². The number of carbonyl (C=O) groups excluding carboxylic acids is 1. The molecule has 0 radical (unpaired) electrons. The van der Waals surface area contributed by atoms with Gasteiger partial charge in [-0.2, -0.15) is 0 Å². The summed E-state index contributed by atoms with van der Waals surface area (Å²) in [5.74, 6) is 0.409. The van der Waals surface area contributed by atoms with Gasteiger partial charge in [-0.25, -0.2) is 14.4 Å². The van der Waals surface area contributed by atoms with Gasteiger partial charge in [0.25, 0.3) is 0 Å². The number of Topliss-reactive ketones (excluding diaryl/α,β-unsaturated/α-hetero) is 1. The van der Waals surface area contributed by atoms with Crippen LogP contribution >= 0.6 is 0 Å². The summed E-state index contributed by atoms with van der Waals surface area (Å²) in [5, 5.41) is 0.656. The van der Waals surface area contributed by atoms with Crippen molar-refractivity contribution in [1.82, 2.24) is 19.9 Å². The number of H-pyrrole nitrogens is 1. The number of hydrogen-bond acceptors (Lipinski definition) is 5. The van der Waals surface area contributed by atoms with Crippen LogP contribution in [0.15, 0.2) is 36.7 Å². The van der Waals surface area contributed by atoms with Crippen LogP contribution in [0.5, 0.6) is 0 Å². The molecule has 1 fully saturated rings. The summed E-state index contributed by atoms with van der Waals surface area (Å²) in [5.41, 5.74) is 2.17. The molecule has 3 heterocycles. The molecule has 0 amide bonds. The molecule has 0 bridgehead atoms. The highest BCUT2D eigenvalue weighted by molar-refractivity contribution is 6.10. The van der Waals surface area contributed by atoms with E-state index in [9.17, 15) is 9.18 Å². The molecule has 134 valence electrons. The van der Waals surface area contributed by atoms with Crippen LogP contribution in [0.4, 0.5) is 10.3 Å². The van der Waals surface area contributed by atoms with Crippen LogP contribution in [-0.2, 0) is 0 Å². The van der Waals surface area contributed by atoms with Crippen molar-refractivity contribution in [2.45, 2.75) is 6.92 Å². The number of ketones is 1. The fourth-order valence-electron chi connectivity index (χ4n) is 3.50. The molecule has 2 aromatic heterocycles. The van der Waals surface area contributed by atoms with Crippen molar-refractivity contribution >= 4 is 22.6 Å². The lowest BCUT2D eigenvalue weighted by Gasteiger charge is -2.34. The number of halogens is 1. The standard InChI is InChI=1S/C19H20FN5O/c1-13-18(15-11-14(20)3-4-16(15)23-13)17(26)12-24-7-9-25(10-8-24)19-21-5-2-6-22-19/h2-6,11,23H,7-10,12H2,1H3. The minimum absolute atomic E-state index is 0.0174. The lowest BCUT2D eigenvalue weighted by atomic mass is 10.1. The summed E-state index contributed by atoms with van der Waals surface area (Å²) < 4.78 is 13.6. The Kier molecular flexibility index (Phi) is 4.38. The number of aromatic nitrogens is 3. The molecule has 3 aromatic rings. The quantitative estimate of drug-likeness (QED) is 0.730. The van der Waals surface area contributed by atoms with Gasteiger partial charge in [0, 0.05) is 60.7 Å². The summed E-state index contributed by atoms with van der Waals surface area (Å²) in [6.45, 7) is 5.26. The number of piperazine rings is 1. The molecule has 0 atom stereocenters. The van der Waals surface area contributed by atoms with Gasteiger partial charge < -0.3 is 9.88 Å². The summed E-state index contributed by atoms with van der Waals surface area (Å²) >= 11 is 0. The third-order valence-electron chi connectivity index (χ3n) is 4.80. The number of nitrogens with one attached hydrogen (secondary N) is 1. The minimum Gasteiger partial charge on any atom is -0.358 e. The number of hydrogen-bond donors (Lipinski definition) is 1. The number of nitrogens with zero attached hydrogens (tertiary/aromatic N) is 4. The van der Waals surface area contributed by atoms with Gasteiger partial charge in [-0.1, -0.05) is 0 Å². The van der Waals surface area contributed by atoms with Crippen LogP contribution < -0.4 is 4.90 Å². The van der Waals surface area contributed by atoms with E-state index >= 15 is 0 Å². The van der Waals surface area contributed by atoms with Crippen molar-refractivity contribution < 1.29 is 9.18 Å². The van der Waals surface area contributed by atoms with Crippen molar-refractivity contribution in [2.24, 2.45) is 0 Å². The van der Waals surface area contributed by atoms with Gasteiger partial charge in [-0.05, 0) is 31.2 Å². The van der Waals surface area contributed by atoms with E-state index in [-0.39, 0.29) is 11.6 Å². The number of aromatic amines is 1. The third-order valence-corrected chi connectivity index (χ3v) is 4.80. The van der Waals surface area contributed by atoms with Crippen LogP contribution in [-0.4, -0.2) is 58.4 Å². The summed E-state index contributed by atoms with van der Waals surface area (Å²) in [4.78, 5) is 28.8. The first-order valence-electron chi connectivity index (χ1n) is 8.67. The Labute approximate surface area is 150 Å². The fraction of sp³-hybridized carbons (Fsp3) is 0.316. The Bertz CT molecular complexity index is 932. The second-order valence-electron chi connectivity index (χ2n) is 6.55. The molecule has 0 spiro atoms. The van der Waals surface area contributed by atoms with E-state index < -0.39 is 0 Å². The molecule has 1 N–H and O–H groups in total. The number of benzene rings is 1. The van der Waals surface area contributed by atoms with Gasteiger partial charge in [0.1, 0.15) is 5.82 Å². The van der Waals surface area contributed by atoms with E-state index in [4.69, 9.17) is 0 Å². The normalized spacial score (nSPS) is 15.5. The highest BCUT2D eigenvalue weighted by Gasteiger charge is 2.23. The zero-order valence-corrected chi connectivity index (χ0v) is 14.6. The highest BCUT2D eigenvalue weighted by atomic mass is 19.1. The summed E-state index contributed by atoms with van der Waals surface area (Å²) in [7, 11) is 0. The number of anilines is 1. The average molecular weight is 353 g/mol. The zero-order chi connectivity index (χ0) is 18.1. The average Bonchev–Trinajstić information content (AvgIpc) is 2.98. The monoisotopic (exact) mass is 353 g/mol. The van der Waals surface area contributed by atoms with E-state index in [0.29, 0.717) is 17.5 Å². The Morgan fingerprint density at radius 1 is 1.19 bits per heavy atom. The van der Waals surface area contributed by atoms with E-state index in [1.54, 1.807) is 24.5 Å². The van der Waals surface area contributed by atoms with Crippen molar-refractivity contribution in [3.05, 3.63) is 53.7 Å². The van der Waals surface area contributed by atoms with Crippen molar-refractivity contribution in [3.8, 4) is 0 Å². The van der Waals surface area contributed by atoms with Crippen LogP contribution in [0.3, 0.4) is 0 Å². The summed E-state index contributed by atoms with van der Waals surface area (Å²) in [6, 6.07) is 6.30. The van der Waals surface area contributed by atoms with Gasteiger partial charge in [-0.3, -0.25) is 9.69 Å². The molecule has 26 heavy (non-hydrogen) atoms. The molecule has 4 rings (SSSR count). The van der Waals surface area contributed by atoms with Gasteiger partial charge in [-0.15, -0.1) is 0 Å². The van der Waals surface area contributed by atoms with E-state index in [2.05, 4.69) is 24.8 Å². The largest absolute Gasteiger partial charge is 0.358 e. The molecule has 1 aliphatic heterocycles. The van der Waals surface area contributed by atoms with Gasteiger partial charge in [0.15, 0.2) is 5.78 Å². The second-order valence-corrected chi connectivity index (χ2v) is 6.55. The molecule has 1 saturated heterocycles. The molecule has 7 heteroatoms. The molecule has 0 saturated carbocycles. The van der Waals surface area contributed by atoms with E-state index in [1.165, 1.54) is 12.1 Å².